The van der Waals surface area contributed by atoms with Crippen molar-refractivity contribution in [2.24, 2.45) is 5.92 Å². The summed E-state index contributed by atoms with van der Waals surface area (Å²) in [6, 6.07) is 21.0. The Morgan fingerprint density at radius 2 is 1.61 bits per heavy atom. The van der Waals surface area contributed by atoms with Gasteiger partial charge in [0.1, 0.15) is 12.6 Å². The van der Waals surface area contributed by atoms with Crippen molar-refractivity contribution in [1.29, 1.82) is 0 Å². The summed E-state index contributed by atoms with van der Waals surface area (Å²) in [5.41, 5.74) is 3.04. The first-order chi connectivity index (χ1) is 19.5. The van der Waals surface area contributed by atoms with Crippen molar-refractivity contribution in [3.8, 4) is 11.5 Å². The number of benzene rings is 3. The fraction of sp³-hybridized carbons (Fsp3) is 0.355. The van der Waals surface area contributed by atoms with Gasteiger partial charge in [0.2, 0.25) is 28.6 Å². The van der Waals surface area contributed by atoms with Gasteiger partial charge in [-0.15, -0.1) is 0 Å². The minimum Gasteiger partial charge on any atom is -0.454 e. The molecule has 1 atom stereocenters. The molecule has 4 rings (SSSR count). The van der Waals surface area contributed by atoms with Crippen molar-refractivity contribution < 1.29 is 27.5 Å². The van der Waals surface area contributed by atoms with Crippen molar-refractivity contribution in [3.05, 3.63) is 89.5 Å². The summed E-state index contributed by atoms with van der Waals surface area (Å²) in [5.74, 6) is 0.310. The fourth-order valence-corrected chi connectivity index (χ4v) is 5.36. The van der Waals surface area contributed by atoms with Crippen LogP contribution in [0.15, 0.2) is 72.8 Å². The SMILES string of the molecule is Cc1ccc(CN(C(=O)CN(c2ccc3c(c2)OCO3)S(C)(=O)=O)C(Cc2ccccc2)C(=O)NCC(C)C)cc1. The first-order valence-electron chi connectivity index (χ1n) is 13.6. The van der Waals surface area contributed by atoms with Crippen molar-refractivity contribution in [1.82, 2.24) is 10.2 Å². The van der Waals surface area contributed by atoms with Crippen LogP contribution in [0.4, 0.5) is 5.69 Å². The average molecular weight is 580 g/mol. The predicted octanol–water partition coefficient (Wildman–Crippen LogP) is 3.90. The predicted molar refractivity (Wildman–Crippen MR) is 158 cm³/mol. The zero-order chi connectivity index (χ0) is 29.6. The van der Waals surface area contributed by atoms with E-state index in [1.165, 1.54) is 11.0 Å². The normalized spacial score (nSPS) is 13.1. The molecule has 1 heterocycles. The lowest BCUT2D eigenvalue weighted by Crippen LogP contribution is -2.53. The van der Waals surface area contributed by atoms with Gasteiger partial charge in [-0.1, -0.05) is 74.0 Å². The van der Waals surface area contributed by atoms with Crippen LogP contribution in [0.3, 0.4) is 0 Å². The standard InChI is InChI=1S/C31H37N3O6S/c1-22(2)18-32-31(36)27(16-24-8-6-5-7-9-24)33(19-25-12-10-23(3)11-13-25)30(35)20-34(41(4,37)38)26-14-15-28-29(17-26)40-21-39-28/h5-15,17,22,27H,16,18-21H2,1-4H3,(H,32,36). The Hall–Kier alpha value is -4.05. The van der Waals surface area contributed by atoms with E-state index in [0.29, 0.717) is 18.0 Å². The maximum atomic E-state index is 14.1. The second-order valence-corrected chi connectivity index (χ2v) is 12.6. The van der Waals surface area contributed by atoms with Crippen molar-refractivity contribution in [2.45, 2.75) is 39.8 Å². The minimum atomic E-state index is -3.88. The maximum Gasteiger partial charge on any atom is 0.244 e. The van der Waals surface area contributed by atoms with Gasteiger partial charge in [0.05, 0.1) is 11.9 Å². The number of hydrogen-bond acceptors (Lipinski definition) is 6. The molecule has 0 radical (unpaired) electrons. The molecule has 1 unspecified atom stereocenters. The largest absolute Gasteiger partial charge is 0.454 e. The molecule has 3 aromatic rings. The van der Waals surface area contributed by atoms with Crippen LogP contribution in [0.2, 0.25) is 0 Å². The van der Waals surface area contributed by atoms with Crippen molar-refractivity contribution in [3.63, 3.8) is 0 Å². The molecule has 0 bridgehead atoms. The highest BCUT2D eigenvalue weighted by atomic mass is 32.2. The molecule has 218 valence electrons. The van der Waals surface area contributed by atoms with Crippen LogP contribution in [-0.4, -0.2) is 57.3 Å². The summed E-state index contributed by atoms with van der Waals surface area (Å²) in [7, 11) is -3.88. The second-order valence-electron chi connectivity index (χ2n) is 10.7. The number of anilines is 1. The van der Waals surface area contributed by atoms with Crippen molar-refractivity contribution in [2.75, 3.05) is 30.4 Å². The summed E-state index contributed by atoms with van der Waals surface area (Å²) in [4.78, 5) is 29.3. The second kappa shape index (κ2) is 13.1. The molecule has 2 amide bonds. The van der Waals surface area contributed by atoms with Crippen molar-refractivity contribution >= 4 is 27.5 Å². The Morgan fingerprint density at radius 3 is 2.27 bits per heavy atom. The molecular weight excluding hydrogens is 542 g/mol. The lowest BCUT2D eigenvalue weighted by atomic mass is 10.0. The zero-order valence-corrected chi connectivity index (χ0v) is 24.7. The topological polar surface area (TPSA) is 105 Å². The summed E-state index contributed by atoms with van der Waals surface area (Å²) < 4.78 is 37.7. The van der Waals surface area contributed by atoms with Crippen LogP contribution in [0.1, 0.15) is 30.5 Å². The molecule has 0 saturated heterocycles. The smallest absolute Gasteiger partial charge is 0.244 e. The molecular formula is C31H37N3O6S. The van der Waals surface area contributed by atoms with Gasteiger partial charge < -0.3 is 19.7 Å². The molecule has 0 fully saturated rings. The number of carbonyl (C=O) groups excluding carboxylic acids is 2. The van der Waals surface area contributed by atoms with E-state index in [9.17, 15) is 18.0 Å². The highest BCUT2D eigenvalue weighted by molar-refractivity contribution is 7.92. The lowest BCUT2D eigenvalue weighted by molar-refractivity contribution is -0.140. The molecule has 9 nitrogen and oxygen atoms in total. The summed E-state index contributed by atoms with van der Waals surface area (Å²) in [5, 5.41) is 2.98. The number of carbonyl (C=O) groups is 2. The maximum absolute atomic E-state index is 14.1. The molecule has 0 spiro atoms. The third-order valence-electron chi connectivity index (χ3n) is 6.75. The Labute approximate surface area is 242 Å². The van der Waals surface area contributed by atoms with Gasteiger partial charge in [0, 0.05) is 25.6 Å². The first kappa shape index (κ1) is 29.9. The van der Waals surface area contributed by atoms with E-state index in [-0.39, 0.29) is 37.3 Å². The van der Waals surface area contributed by atoms with E-state index in [1.807, 2.05) is 75.4 Å². The van der Waals surface area contributed by atoms with Gasteiger partial charge in [0.15, 0.2) is 11.5 Å². The molecule has 1 aliphatic heterocycles. The van der Waals surface area contributed by atoms with Gasteiger partial charge in [0.25, 0.3) is 0 Å². The number of nitrogens with one attached hydrogen (secondary N) is 1. The molecule has 0 aromatic heterocycles. The molecule has 0 saturated carbocycles. The Balaban J connectivity index is 1.71. The number of ether oxygens (including phenoxy) is 2. The van der Waals surface area contributed by atoms with E-state index in [1.54, 1.807) is 12.1 Å². The van der Waals surface area contributed by atoms with E-state index in [0.717, 1.165) is 27.3 Å². The van der Waals surface area contributed by atoms with Gasteiger partial charge in [-0.3, -0.25) is 13.9 Å². The number of nitrogens with zero attached hydrogens (tertiary/aromatic N) is 2. The third-order valence-corrected chi connectivity index (χ3v) is 7.89. The third kappa shape index (κ3) is 8.00. The highest BCUT2D eigenvalue weighted by Crippen LogP contribution is 2.36. The average Bonchev–Trinajstić information content (AvgIpc) is 3.41. The lowest BCUT2D eigenvalue weighted by Gasteiger charge is -2.33. The fourth-order valence-electron chi connectivity index (χ4n) is 4.52. The van der Waals surface area contributed by atoms with Crippen LogP contribution in [0, 0.1) is 12.8 Å². The summed E-state index contributed by atoms with van der Waals surface area (Å²) >= 11 is 0. The Kier molecular flexibility index (Phi) is 9.54. The van der Waals surface area contributed by atoms with E-state index in [4.69, 9.17) is 9.47 Å². The van der Waals surface area contributed by atoms with Crippen LogP contribution < -0.4 is 19.1 Å². The number of rotatable bonds is 12. The number of hydrogen-bond donors (Lipinski definition) is 1. The van der Waals surface area contributed by atoms with Gasteiger partial charge in [-0.25, -0.2) is 8.42 Å². The molecule has 0 aliphatic carbocycles. The van der Waals surface area contributed by atoms with E-state index < -0.39 is 28.5 Å². The zero-order valence-electron chi connectivity index (χ0n) is 23.9. The Bertz CT molecular complexity index is 1460. The van der Waals surface area contributed by atoms with Crippen LogP contribution in [0.25, 0.3) is 0 Å². The summed E-state index contributed by atoms with van der Waals surface area (Å²) in [6.07, 6.45) is 1.32. The van der Waals surface area contributed by atoms with E-state index in [2.05, 4.69) is 5.32 Å². The molecule has 10 heteroatoms. The highest BCUT2D eigenvalue weighted by Gasteiger charge is 2.33. The molecule has 41 heavy (non-hydrogen) atoms. The molecule has 3 aromatic carbocycles. The molecule has 1 aliphatic rings. The number of fused-ring (bicyclic) bond motifs is 1. The molecule has 1 N–H and O–H groups in total. The summed E-state index contributed by atoms with van der Waals surface area (Å²) in [6.45, 7) is 6.09. The van der Waals surface area contributed by atoms with Crippen LogP contribution in [0.5, 0.6) is 11.5 Å². The van der Waals surface area contributed by atoms with Gasteiger partial charge in [-0.05, 0) is 36.1 Å². The monoisotopic (exact) mass is 579 g/mol. The van der Waals surface area contributed by atoms with Crippen LogP contribution >= 0.6 is 0 Å². The van der Waals surface area contributed by atoms with E-state index >= 15 is 0 Å². The number of amides is 2. The van der Waals surface area contributed by atoms with Gasteiger partial charge >= 0.3 is 0 Å². The minimum absolute atomic E-state index is 0.0353. The first-order valence-corrected chi connectivity index (χ1v) is 15.4. The number of sulfonamides is 1. The number of aryl methyl sites for hydroxylation is 1. The Morgan fingerprint density at radius 1 is 0.927 bits per heavy atom. The van der Waals surface area contributed by atoms with Crippen LogP contribution in [-0.2, 0) is 32.6 Å². The van der Waals surface area contributed by atoms with Gasteiger partial charge in [-0.2, -0.15) is 0 Å². The quantitative estimate of drug-likeness (QED) is 0.349.